The van der Waals surface area contributed by atoms with Crippen LogP contribution in [0.3, 0.4) is 0 Å². The highest BCUT2D eigenvalue weighted by Gasteiger charge is 2.06. The fraction of sp³-hybridized carbons (Fsp3) is 0.571. The average Bonchev–Trinajstić information content (AvgIpc) is 2.10. The normalized spacial score (nSPS) is 10.8. The molecule has 0 saturated heterocycles. The largest absolute Gasteiger partial charge is 0.492 e. The summed E-state index contributed by atoms with van der Waals surface area (Å²) < 4.78 is 1.83. The highest BCUT2D eigenvalue weighted by Crippen LogP contribution is 2.15. The zero-order valence-electron chi connectivity index (χ0n) is 6.50. The van der Waals surface area contributed by atoms with Gasteiger partial charge in [0.05, 0.1) is 6.20 Å². The van der Waals surface area contributed by atoms with Crippen LogP contribution >= 0.6 is 0 Å². The van der Waals surface area contributed by atoms with E-state index in [0.29, 0.717) is 5.92 Å². The van der Waals surface area contributed by atoms with Crippen molar-refractivity contribution in [3.05, 3.63) is 12.0 Å². The van der Waals surface area contributed by atoms with E-state index in [9.17, 15) is 0 Å². The molecule has 1 aromatic heterocycles. The summed E-state index contributed by atoms with van der Waals surface area (Å²) in [6, 6.07) is 0. The fourth-order valence-electron chi connectivity index (χ4n) is 1.00. The first kappa shape index (κ1) is 7.12. The molecule has 1 rings (SSSR count). The van der Waals surface area contributed by atoms with E-state index in [0.717, 1.165) is 5.82 Å². The van der Waals surface area contributed by atoms with Crippen LogP contribution in [0.25, 0.3) is 0 Å². The summed E-state index contributed by atoms with van der Waals surface area (Å²) in [5, 5.41) is 8.95. The lowest BCUT2D eigenvalue weighted by Crippen LogP contribution is -1.98. The second-order valence-corrected chi connectivity index (χ2v) is 2.72. The molecule has 3 nitrogen and oxygen atoms in total. The molecule has 3 heteroatoms. The predicted molar refractivity (Wildman–Crippen MR) is 39.0 cm³/mol. The molecule has 10 heavy (non-hydrogen) atoms. The maximum atomic E-state index is 8.95. The minimum absolute atomic E-state index is 0.103. The van der Waals surface area contributed by atoms with Crippen molar-refractivity contribution in [2.75, 3.05) is 0 Å². The van der Waals surface area contributed by atoms with E-state index in [1.807, 2.05) is 25.5 Å². The minimum Gasteiger partial charge on any atom is -0.492 e. The van der Waals surface area contributed by atoms with Crippen LogP contribution in [0, 0.1) is 0 Å². The summed E-state index contributed by atoms with van der Waals surface area (Å²) in [7, 11) is 1.88. The van der Waals surface area contributed by atoms with Crippen LogP contribution in [0.5, 0.6) is 5.88 Å². The molecule has 1 N–H and O–H groups in total. The number of hydrogen-bond acceptors (Lipinski definition) is 2. The Kier molecular flexibility index (Phi) is 1.66. The minimum atomic E-state index is 0.103. The highest BCUT2D eigenvalue weighted by molar-refractivity contribution is 5.09. The molecule has 56 valence electrons. The molecule has 0 aliphatic rings. The highest BCUT2D eigenvalue weighted by atomic mass is 16.3. The monoisotopic (exact) mass is 140 g/mol. The van der Waals surface area contributed by atoms with Gasteiger partial charge in [0.1, 0.15) is 5.82 Å². The van der Waals surface area contributed by atoms with Gasteiger partial charge in [-0.1, -0.05) is 13.8 Å². The molecule has 0 bridgehead atoms. The number of aryl methyl sites for hydroxylation is 1. The molecule has 0 unspecified atom stereocenters. The van der Waals surface area contributed by atoms with Crippen molar-refractivity contribution in [1.82, 2.24) is 9.55 Å². The van der Waals surface area contributed by atoms with Crippen molar-refractivity contribution in [1.29, 1.82) is 0 Å². The van der Waals surface area contributed by atoms with E-state index < -0.39 is 0 Å². The molecular weight excluding hydrogens is 128 g/mol. The van der Waals surface area contributed by atoms with Crippen LogP contribution in [0.1, 0.15) is 25.6 Å². The smallest absolute Gasteiger partial charge is 0.229 e. The third kappa shape index (κ3) is 1.12. The average molecular weight is 140 g/mol. The predicted octanol–water partition coefficient (Wildman–Crippen LogP) is 1.25. The van der Waals surface area contributed by atoms with Gasteiger partial charge in [0.2, 0.25) is 5.88 Å². The van der Waals surface area contributed by atoms with Gasteiger partial charge in [-0.2, -0.15) is 4.98 Å². The standard InChI is InChI=1S/C7H12N2O/c1-5(2)7-8-6(10)4-9(7)3/h4-5,10H,1-3H3. The molecule has 0 aliphatic carbocycles. The number of aromatic nitrogens is 2. The number of rotatable bonds is 1. The summed E-state index contributed by atoms with van der Waals surface area (Å²) in [5.74, 6) is 1.38. The first-order valence-corrected chi connectivity index (χ1v) is 3.33. The van der Waals surface area contributed by atoms with Crippen LogP contribution in [0.2, 0.25) is 0 Å². The fourth-order valence-corrected chi connectivity index (χ4v) is 1.00. The molecule has 0 fully saturated rings. The maximum absolute atomic E-state index is 8.95. The Morgan fingerprint density at radius 1 is 1.60 bits per heavy atom. The topological polar surface area (TPSA) is 38.1 Å². The van der Waals surface area contributed by atoms with Gasteiger partial charge in [0, 0.05) is 13.0 Å². The zero-order valence-corrected chi connectivity index (χ0v) is 6.50. The zero-order chi connectivity index (χ0) is 7.72. The number of nitrogens with zero attached hydrogens (tertiary/aromatic N) is 2. The molecule has 0 radical (unpaired) electrons. The Morgan fingerprint density at radius 3 is 2.40 bits per heavy atom. The van der Waals surface area contributed by atoms with Gasteiger partial charge in [-0.3, -0.25) is 0 Å². The second-order valence-electron chi connectivity index (χ2n) is 2.72. The van der Waals surface area contributed by atoms with E-state index in [4.69, 9.17) is 5.11 Å². The van der Waals surface area contributed by atoms with Crippen LogP contribution in [0.15, 0.2) is 6.20 Å². The number of imidazole rings is 1. The Morgan fingerprint density at radius 2 is 2.20 bits per heavy atom. The lowest BCUT2D eigenvalue weighted by molar-refractivity contribution is 0.454. The SMILES string of the molecule is CC(C)c1nc(O)cn1C. The van der Waals surface area contributed by atoms with Crippen molar-refractivity contribution < 1.29 is 5.11 Å². The van der Waals surface area contributed by atoms with Crippen molar-refractivity contribution in [3.63, 3.8) is 0 Å². The molecule has 1 heterocycles. The van der Waals surface area contributed by atoms with Crippen LogP contribution in [-0.4, -0.2) is 14.7 Å². The maximum Gasteiger partial charge on any atom is 0.229 e. The van der Waals surface area contributed by atoms with Crippen LogP contribution in [-0.2, 0) is 7.05 Å². The molecule has 0 spiro atoms. The van der Waals surface area contributed by atoms with Crippen molar-refractivity contribution in [2.24, 2.45) is 7.05 Å². The molecule has 0 amide bonds. The molecular formula is C7H12N2O. The van der Waals surface area contributed by atoms with E-state index in [-0.39, 0.29) is 5.88 Å². The first-order valence-electron chi connectivity index (χ1n) is 3.33. The Balaban J connectivity index is 3.03. The van der Waals surface area contributed by atoms with Gasteiger partial charge in [-0.25, -0.2) is 0 Å². The Hall–Kier alpha value is -0.990. The second kappa shape index (κ2) is 2.33. The van der Waals surface area contributed by atoms with Crippen molar-refractivity contribution in [2.45, 2.75) is 19.8 Å². The summed E-state index contributed by atoms with van der Waals surface area (Å²) in [4.78, 5) is 3.93. The van der Waals surface area contributed by atoms with Gasteiger partial charge in [0.15, 0.2) is 0 Å². The quantitative estimate of drug-likeness (QED) is 0.637. The van der Waals surface area contributed by atoms with E-state index >= 15 is 0 Å². The van der Waals surface area contributed by atoms with Crippen LogP contribution in [0.4, 0.5) is 0 Å². The van der Waals surface area contributed by atoms with E-state index in [1.165, 1.54) is 0 Å². The van der Waals surface area contributed by atoms with Gasteiger partial charge in [0.25, 0.3) is 0 Å². The molecule has 0 aliphatic heterocycles. The molecule has 0 aromatic carbocycles. The molecule has 0 saturated carbocycles. The van der Waals surface area contributed by atoms with Gasteiger partial charge < -0.3 is 9.67 Å². The Bertz CT molecular complexity index is 228. The first-order chi connectivity index (χ1) is 4.61. The summed E-state index contributed by atoms with van der Waals surface area (Å²) in [5.41, 5.74) is 0. The van der Waals surface area contributed by atoms with Gasteiger partial charge >= 0.3 is 0 Å². The van der Waals surface area contributed by atoms with Gasteiger partial charge in [-0.05, 0) is 0 Å². The lowest BCUT2D eigenvalue weighted by atomic mass is 10.2. The van der Waals surface area contributed by atoms with E-state index in [1.54, 1.807) is 6.20 Å². The summed E-state index contributed by atoms with van der Waals surface area (Å²) in [6.07, 6.45) is 1.61. The van der Waals surface area contributed by atoms with Gasteiger partial charge in [-0.15, -0.1) is 0 Å². The third-order valence-corrected chi connectivity index (χ3v) is 1.42. The van der Waals surface area contributed by atoms with E-state index in [2.05, 4.69) is 4.98 Å². The molecule has 1 aromatic rings. The number of hydrogen-bond donors (Lipinski definition) is 1. The summed E-state index contributed by atoms with van der Waals surface area (Å²) in [6.45, 7) is 4.09. The third-order valence-electron chi connectivity index (χ3n) is 1.42. The van der Waals surface area contributed by atoms with Crippen molar-refractivity contribution in [3.8, 4) is 5.88 Å². The summed E-state index contributed by atoms with van der Waals surface area (Å²) >= 11 is 0. The van der Waals surface area contributed by atoms with Crippen LogP contribution < -0.4 is 0 Å². The molecule has 0 atom stereocenters. The Labute approximate surface area is 60.3 Å². The van der Waals surface area contributed by atoms with Crippen molar-refractivity contribution >= 4 is 0 Å². The number of aromatic hydroxyl groups is 1. The lowest BCUT2D eigenvalue weighted by Gasteiger charge is -2.02.